The number of amides is 2. The number of hydrogen-bond acceptors (Lipinski definition) is 4. The van der Waals surface area contributed by atoms with Crippen LogP contribution in [0.1, 0.15) is 21.6 Å². The normalized spacial score (nSPS) is 16.8. The Morgan fingerprint density at radius 1 is 1.18 bits per heavy atom. The van der Waals surface area contributed by atoms with Crippen LogP contribution in [0.15, 0.2) is 40.6 Å². The highest BCUT2D eigenvalue weighted by atomic mass is 32.2. The summed E-state index contributed by atoms with van der Waals surface area (Å²) in [5.41, 5.74) is 3.21. The number of carbonyl (C=O) groups excluding carboxylic acids is 2. The van der Waals surface area contributed by atoms with Gasteiger partial charge in [-0.1, -0.05) is 29.8 Å². The molecule has 1 saturated heterocycles. The summed E-state index contributed by atoms with van der Waals surface area (Å²) in [7, 11) is 0. The Kier molecular flexibility index (Phi) is 4.18. The van der Waals surface area contributed by atoms with Crippen molar-refractivity contribution in [2.24, 2.45) is 0 Å². The highest BCUT2D eigenvalue weighted by Gasteiger charge is 2.35. The molecule has 112 valence electrons. The zero-order chi connectivity index (χ0) is 15.7. The average molecular weight is 329 g/mol. The lowest BCUT2D eigenvalue weighted by Crippen LogP contribution is -2.27. The van der Waals surface area contributed by atoms with Gasteiger partial charge in [0.1, 0.15) is 0 Å². The van der Waals surface area contributed by atoms with E-state index in [9.17, 15) is 9.59 Å². The molecule has 0 radical (unpaired) electrons. The third-order valence-corrected chi connectivity index (χ3v) is 5.33. The van der Waals surface area contributed by atoms with Crippen LogP contribution in [0.25, 0.3) is 6.08 Å². The number of carbonyl (C=O) groups is 2. The van der Waals surface area contributed by atoms with E-state index in [1.165, 1.54) is 4.90 Å². The van der Waals surface area contributed by atoms with Crippen LogP contribution in [0.3, 0.4) is 0 Å². The second-order valence-corrected chi connectivity index (χ2v) is 7.17. The Morgan fingerprint density at radius 3 is 2.68 bits per heavy atom. The largest absolute Gasteiger partial charge is 0.293 e. The maximum absolute atomic E-state index is 12.5. The van der Waals surface area contributed by atoms with Gasteiger partial charge < -0.3 is 0 Å². The van der Waals surface area contributed by atoms with Crippen molar-refractivity contribution in [3.63, 3.8) is 0 Å². The smallest absolute Gasteiger partial charge is 0.268 e. The first-order chi connectivity index (χ1) is 10.5. The first-order valence-corrected chi connectivity index (χ1v) is 8.59. The van der Waals surface area contributed by atoms with Crippen molar-refractivity contribution < 1.29 is 9.59 Å². The molecule has 0 atom stereocenters. The van der Waals surface area contributed by atoms with Crippen LogP contribution in [-0.2, 0) is 11.3 Å². The summed E-state index contributed by atoms with van der Waals surface area (Å²) in [4.78, 5) is 27.4. The number of nitrogens with zero attached hydrogens (tertiary/aromatic N) is 1. The molecule has 0 aliphatic carbocycles. The van der Waals surface area contributed by atoms with Crippen LogP contribution in [-0.4, -0.2) is 16.0 Å². The van der Waals surface area contributed by atoms with Gasteiger partial charge in [0.2, 0.25) is 0 Å². The molecule has 2 heterocycles. The van der Waals surface area contributed by atoms with Crippen molar-refractivity contribution in [2.45, 2.75) is 20.4 Å². The minimum Gasteiger partial charge on any atom is -0.268 e. The molecule has 3 rings (SSSR count). The highest BCUT2D eigenvalue weighted by Crippen LogP contribution is 2.34. The van der Waals surface area contributed by atoms with Crippen molar-refractivity contribution >= 4 is 40.3 Å². The van der Waals surface area contributed by atoms with Crippen LogP contribution in [0.5, 0.6) is 0 Å². The molecule has 3 nitrogen and oxygen atoms in total. The topological polar surface area (TPSA) is 37.4 Å². The van der Waals surface area contributed by atoms with E-state index in [0.29, 0.717) is 11.4 Å². The molecule has 0 spiro atoms. The summed E-state index contributed by atoms with van der Waals surface area (Å²) in [6.45, 7) is 4.32. The van der Waals surface area contributed by atoms with Gasteiger partial charge in [0.15, 0.2) is 0 Å². The summed E-state index contributed by atoms with van der Waals surface area (Å²) >= 11 is 2.59. The molecular weight excluding hydrogens is 314 g/mol. The van der Waals surface area contributed by atoms with Gasteiger partial charge in [0.05, 0.1) is 11.4 Å². The first-order valence-electron chi connectivity index (χ1n) is 6.89. The van der Waals surface area contributed by atoms with E-state index in [4.69, 9.17) is 0 Å². The Hall–Kier alpha value is -1.85. The zero-order valence-corrected chi connectivity index (χ0v) is 14.0. The number of aryl methyl sites for hydroxylation is 2. The third kappa shape index (κ3) is 3.00. The molecule has 5 heteroatoms. The van der Waals surface area contributed by atoms with E-state index in [-0.39, 0.29) is 11.1 Å². The van der Waals surface area contributed by atoms with Gasteiger partial charge in [-0.25, -0.2) is 0 Å². The quantitative estimate of drug-likeness (QED) is 0.772. The lowest BCUT2D eigenvalue weighted by atomic mass is 10.1. The van der Waals surface area contributed by atoms with E-state index in [1.54, 1.807) is 11.3 Å². The molecule has 0 N–H and O–H groups in total. The van der Waals surface area contributed by atoms with E-state index < -0.39 is 0 Å². The fourth-order valence-corrected chi connectivity index (χ4v) is 4.03. The predicted molar refractivity (Wildman–Crippen MR) is 91.7 cm³/mol. The Labute approximate surface area is 137 Å². The average Bonchev–Trinajstić information content (AvgIpc) is 2.98. The molecule has 1 aromatic carbocycles. The monoisotopic (exact) mass is 329 g/mol. The summed E-state index contributed by atoms with van der Waals surface area (Å²) in [5.74, 6) is -0.204. The van der Waals surface area contributed by atoms with Gasteiger partial charge in [0.25, 0.3) is 11.1 Å². The van der Waals surface area contributed by atoms with E-state index in [1.807, 2.05) is 55.6 Å². The van der Waals surface area contributed by atoms with Crippen molar-refractivity contribution in [1.29, 1.82) is 0 Å². The second kappa shape index (κ2) is 6.10. The molecule has 0 saturated carbocycles. The van der Waals surface area contributed by atoms with Crippen molar-refractivity contribution in [2.75, 3.05) is 0 Å². The Morgan fingerprint density at radius 2 is 2.00 bits per heavy atom. The number of thioether (sulfide) groups is 1. The minimum atomic E-state index is -0.204. The number of thiophene rings is 1. The molecule has 1 fully saturated rings. The molecule has 2 amide bonds. The zero-order valence-electron chi connectivity index (χ0n) is 12.3. The molecule has 0 bridgehead atoms. The molecule has 1 aliphatic heterocycles. The van der Waals surface area contributed by atoms with E-state index in [2.05, 4.69) is 0 Å². The number of imide groups is 1. The van der Waals surface area contributed by atoms with Crippen LogP contribution in [0.2, 0.25) is 0 Å². The van der Waals surface area contributed by atoms with Crippen molar-refractivity contribution in [1.82, 2.24) is 4.90 Å². The second-order valence-electron chi connectivity index (χ2n) is 5.22. The van der Waals surface area contributed by atoms with Crippen LogP contribution < -0.4 is 0 Å². The van der Waals surface area contributed by atoms with Gasteiger partial charge in [0, 0.05) is 4.88 Å². The number of hydrogen-bond donors (Lipinski definition) is 0. The summed E-state index contributed by atoms with van der Waals surface area (Å²) in [6, 6.07) is 9.87. The molecule has 2 aromatic rings. The van der Waals surface area contributed by atoms with Gasteiger partial charge in [-0.3, -0.25) is 14.5 Å². The molecule has 1 aromatic heterocycles. The highest BCUT2D eigenvalue weighted by molar-refractivity contribution is 8.18. The third-order valence-electron chi connectivity index (χ3n) is 3.46. The van der Waals surface area contributed by atoms with Gasteiger partial charge in [-0.2, -0.15) is 0 Å². The fourth-order valence-electron chi connectivity index (χ4n) is 2.28. The lowest BCUT2D eigenvalue weighted by Gasteiger charge is -2.12. The summed E-state index contributed by atoms with van der Waals surface area (Å²) < 4.78 is 0. The van der Waals surface area contributed by atoms with Crippen LogP contribution in [0, 0.1) is 13.8 Å². The van der Waals surface area contributed by atoms with Gasteiger partial charge in [-0.05, 0) is 54.3 Å². The molecular formula is C17H15NO2S2. The summed E-state index contributed by atoms with van der Waals surface area (Å²) in [6.07, 6.45) is 1.82. The SMILES string of the molecule is Cc1cccc(CN2C(=O)S/C(=C\c3sccc3C)C2=O)c1. The Bertz CT molecular complexity index is 776. The van der Waals surface area contributed by atoms with Crippen molar-refractivity contribution in [3.05, 3.63) is 62.2 Å². The maximum Gasteiger partial charge on any atom is 0.293 e. The lowest BCUT2D eigenvalue weighted by molar-refractivity contribution is -0.123. The van der Waals surface area contributed by atoms with Crippen LogP contribution >= 0.6 is 23.1 Å². The molecule has 22 heavy (non-hydrogen) atoms. The maximum atomic E-state index is 12.5. The van der Waals surface area contributed by atoms with E-state index in [0.717, 1.165) is 33.3 Å². The standard InChI is InChI=1S/C17H15NO2S2/c1-11-4-3-5-13(8-11)10-18-16(19)15(22-17(18)20)9-14-12(2)6-7-21-14/h3-9H,10H2,1-2H3/b15-9-. The van der Waals surface area contributed by atoms with E-state index >= 15 is 0 Å². The minimum absolute atomic E-state index is 0.202. The summed E-state index contributed by atoms with van der Waals surface area (Å²) in [5, 5.41) is 1.78. The van der Waals surface area contributed by atoms with Gasteiger partial charge in [-0.15, -0.1) is 11.3 Å². The molecule has 1 aliphatic rings. The predicted octanol–water partition coefficient (Wildman–Crippen LogP) is 4.60. The number of benzene rings is 1. The molecule has 0 unspecified atom stereocenters. The van der Waals surface area contributed by atoms with Gasteiger partial charge >= 0.3 is 0 Å². The number of rotatable bonds is 3. The Balaban J connectivity index is 1.83. The van der Waals surface area contributed by atoms with Crippen molar-refractivity contribution in [3.8, 4) is 0 Å². The first kappa shape index (κ1) is 15.1. The fraction of sp³-hybridized carbons (Fsp3) is 0.176. The van der Waals surface area contributed by atoms with Crippen LogP contribution in [0.4, 0.5) is 4.79 Å².